The van der Waals surface area contributed by atoms with Crippen LogP contribution in [-0.4, -0.2) is 28.5 Å². The second-order valence-electron chi connectivity index (χ2n) is 6.32. The molecule has 0 radical (unpaired) electrons. The SMILES string of the molecule is COC(=O)Cn1c(=NC(=O)c2cc([N+](=O)[O-])ccc2Cl)sc2c(C)cc(C)cc21. The predicted molar refractivity (Wildman–Crippen MR) is 109 cm³/mol. The quantitative estimate of drug-likeness (QED) is 0.353. The van der Waals surface area contributed by atoms with Crippen LogP contribution < -0.4 is 4.80 Å². The highest BCUT2D eigenvalue weighted by Gasteiger charge is 2.18. The van der Waals surface area contributed by atoms with Gasteiger partial charge in [0.2, 0.25) is 0 Å². The smallest absolute Gasteiger partial charge is 0.325 e. The van der Waals surface area contributed by atoms with E-state index in [2.05, 4.69) is 4.99 Å². The highest BCUT2D eigenvalue weighted by molar-refractivity contribution is 7.16. The van der Waals surface area contributed by atoms with Gasteiger partial charge >= 0.3 is 5.97 Å². The topological polar surface area (TPSA) is 104 Å². The molecular weight excluding hydrogens is 418 g/mol. The summed E-state index contributed by atoms with van der Waals surface area (Å²) in [5.74, 6) is -1.23. The summed E-state index contributed by atoms with van der Waals surface area (Å²) >= 11 is 7.29. The summed E-state index contributed by atoms with van der Waals surface area (Å²) in [6, 6.07) is 7.46. The van der Waals surface area contributed by atoms with Crippen molar-refractivity contribution in [3.8, 4) is 0 Å². The number of ether oxygens (including phenoxy) is 1. The molecule has 2 aromatic carbocycles. The fraction of sp³-hybridized carbons (Fsp3) is 0.211. The van der Waals surface area contributed by atoms with Gasteiger partial charge in [-0.1, -0.05) is 29.0 Å². The van der Waals surface area contributed by atoms with Gasteiger partial charge in [-0.3, -0.25) is 19.7 Å². The molecule has 1 amide bonds. The number of thiazole rings is 1. The average Bonchev–Trinajstić information content (AvgIpc) is 2.99. The van der Waals surface area contributed by atoms with E-state index in [-0.39, 0.29) is 27.6 Å². The molecule has 3 rings (SSSR count). The Morgan fingerprint density at radius 1 is 1.28 bits per heavy atom. The number of carbonyl (C=O) groups is 2. The Hall–Kier alpha value is -3.04. The highest BCUT2D eigenvalue weighted by Crippen LogP contribution is 2.25. The molecule has 0 unspecified atom stereocenters. The fourth-order valence-corrected chi connectivity index (χ4v) is 4.16. The number of aromatic nitrogens is 1. The van der Waals surface area contributed by atoms with E-state index >= 15 is 0 Å². The number of nitrogens with zero attached hydrogens (tertiary/aromatic N) is 3. The maximum atomic E-state index is 12.7. The fourth-order valence-electron chi connectivity index (χ4n) is 2.88. The van der Waals surface area contributed by atoms with Crippen molar-refractivity contribution in [3.63, 3.8) is 0 Å². The molecule has 0 aliphatic carbocycles. The molecule has 0 atom stereocenters. The predicted octanol–water partition coefficient (Wildman–Crippen LogP) is 3.80. The van der Waals surface area contributed by atoms with Crippen molar-refractivity contribution >= 4 is 50.7 Å². The first-order valence-electron chi connectivity index (χ1n) is 8.41. The molecule has 0 fully saturated rings. The summed E-state index contributed by atoms with van der Waals surface area (Å²) in [5.41, 5.74) is 2.36. The standard InChI is InChI=1S/C19H16ClN3O5S/c1-10-6-11(2)17-15(7-10)22(9-16(24)28-3)19(29-17)21-18(25)13-8-12(23(26)27)4-5-14(13)20/h4-8H,9H2,1-3H3. The van der Waals surface area contributed by atoms with Gasteiger partial charge in [-0.15, -0.1) is 0 Å². The molecule has 0 saturated heterocycles. The minimum atomic E-state index is -0.738. The number of nitro benzene ring substituents is 1. The van der Waals surface area contributed by atoms with Crippen LogP contribution >= 0.6 is 22.9 Å². The summed E-state index contributed by atoms with van der Waals surface area (Å²) in [6.07, 6.45) is 0. The van der Waals surface area contributed by atoms with Crippen molar-refractivity contribution in [1.29, 1.82) is 0 Å². The molecule has 0 N–H and O–H groups in total. The molecule has 0 saturated carbocycles. The molecule has 10 heteroatoms. The largest absolute Gasteiger partial charge is 0.468 e. The third kappa shape index (κ3) is 4.20. The average molecular weight is 434 g/mol. The Labute approximate surface area is 174 Å². The minimum Gasteiger partial charge on any atom is -0.468 e. The van der Waals surface area contributed by atoms with Gasteiger partial charge in [0.05, 0.1) is 32.8 Å². The number of aryl methyl sites for hydroxylation is 2. The van der Waals surface area contributed by atoms with Crippen LogP contribution in [0.2, 0.25) is 5.02 Å². The first-order valence-corrected chi connectivity index (χ1v) is 9.61. The second-order valence-corrected chi connectivity index (χ2v) is 7.70. The summed E-state index contributed by atoms with van der Waals surface area (Å²) in [7, 11) is 1.28. The number of amides is 1. The number of fused-ring (bicyclic) bond motifs is 1. The zero-order chi connectivity index (χ0) is 21.3. The third-order valence-corrected chi connectivity index (χ3v) is 5.78. The Morgan fingerprint density at radius 2 is 2.00 bits per heavy atom. The Bertz CT molecular complexity index is 1230. The number of nitro groups is 1. The number of hydrogen-bond donors (Lipinski definition) is 0. The molecule has 0 aliphatic heterocycles. The number of hydrogen-bond acceptors (Lipinski definition) is 6. The molecule has 8 nitrogen and oxygen atoms in total. The molecule has 0 bridgehead atoms. The lowest BCUT2D eigenvalue weighted by molar-refractivity contribution is -0.384. The van der Waals surface area contributed by atoms with Gasteiger partial charge in [0.15, 0.2) is 4.80 Å². The molecule has 3 aromatic rings. The second kappa shape index (κ2) is 8.14. The maximum Gasteiger partial charge on any atom is 0.325 e. The molecule has 0 spiro atoms. The number of esters is 1. The number of benzene rings is 2. The minimum absolute atomic E-state index is 0.0528. The van der Waals surface area contributed by atoms with Crippen LogP contribution in [-0.2, 0) is 16.1 Å². The van der Waals surface area contributed by atoms with E-state index in [0.29, 0.717) is 0 Å². The van der Waals surface area contributed by atoms with E-state index in [9.17, 15) is 19.7 Å². The first kappa shape index (κ1) is 20.7. The monoisotopic (exact) mass is 433 g/mol. The number of carbonyl (C=O) groups excluding carboxylic acids is 2. The van der Waals surface area contributed by atoms with Crippen LogP contribution in [0.25, 0.3) is 10.2 Å². The lowest BCUT2D eigenvalue weighted by Crippen LogP contribution is -2.22. The van der Waals surface area contributed by atoms with Crippen LogP contribution in [0.3, 0.4) is 0 Å². The van der Waals surface area contributed by atoms with Crippen LogP contribution in [0, 0.1) is 24.0 Å². The maximum absolute atomic E-state index is 12.7. The highest BCUT2D eigenvalue weighted by atomic mass is 35.5. The van der Waals surface area contributed by atoms with Crippen LogP contribution in [0.1, 0.15) is 21.5 Å². The van der Waals surface area contributed by atoms with Gasteiger partial charge in [-0.2, -0.15) is 4.99 Å². The van der Waals surface area contributed by atoms with E-state index in [4.69, 9.17) is 16.3 Å². The number of methoxy groups -OCH3 is 1. The van der Waals surface area contributed by atoms with E-state index in [0.717, 1.165) is 27.4 Å². The van der Waals surface area contributed by atoms with Crippen molar-refractivity contribution in [1.82, 2.24) is 4.57 Å². The van der Waals surface area contributed by atoms with Crippen LogP contribution in [0.4, 0.5) is 5.69 Å². The Kier molecular flexibility index (Phi) is 5.81. The number of rotatable bonds is 4. The Morgan fingerprint density at radius 3 is 2.66 bits per heavy atom. The molecule has 150 valence electrons. The molecule has 1 aromatic heterocycles. The van der Waals surface area contributed by atoms with Crippen molar-refractivity contribution in [2.24, 2.45) is 4.99 Å². The zero-order valence-corrected chi connectivity index (χ0v) is 17.3. The van der Waals surface area contributed by atoms with Crippen LogP contribution in [0.15, 0.2) is 35.3 Å². The van der Waals surface area contributed by atoms with Gasteiger partial charge in [-0.05, 0) is 37.1 Å². The molecule has 1 heterocycles. The van der Waals surface area contributed by atoms with Crippen molar-refractivity contribution in [2.45, 2.75) is 20.4 Å². The van der Waals surface area contributed by atoms with Gasteiger partial charge in [0, 0.05) is 12.1 Å². The van der Waals surface area contributed by atoms with Crippen molar-refractivity contribution < 1.29 is 19.2 Å². The summed E-state index contributed by atoms with van der Waals surface area (Å²) in [6.45, 7) is 3.73. The van der Waals surface area contributed by atoms with Crippen molar-refractivity contribution in [2.75, 3.05) is 7.11 Å². The summed E-state index contributed by atoms with van der Waals surface area (Å²) < 4.78 is 7.22. The summed E-state index contributed by atoms with van der Waals surface area (Å²) in [5, 5.41) is 11.1. The number of halogens is 1. The first-order chi connectivity index (χ1) is 13.7. The molecule has 29 heavy (non-hydrogen) atoms. The van der Waals surface area contributed by atoms with E-state index in [1.54, 1.807) is 4.57 Å². The normalized spacial score (nSPS) is 11.7. The van der Waals surface area contributed by atoms with Gasteiger partial charge in [0.1, 0.15) is 6.54 Å². The van der Waals surface area contributed by atoms with E-state index < -0.39 is 16.8 Å². The lowest BCUT2D eigenvalue weighted by atomic mass is 10.1. The van der Waals surface area contributed by atoms with Crippen LogP contribution in [0.5, 0.6) is 0 Å². The number of non-ortho nitro benzene ring substituents is 1. The van der Waals surface area contributed by atoms with E-state index in [1.807, 2.05) is 26.0 Å². The summed E-state index contributed by atoms with van der Waals surface area (Å²) in [4.78, 5) is 39.4. The lowest BCUT2D eigenvalue weighted by Gasteiger charge is -2.05. The van der Waals surface area contributed by atoms with E-state index in [1.165, 1.54) is 30.6 Å². The van der Waals surface area contributed by atoms with Crippen molar-refractivity contribution in [3.05, 3.63) is 67.0 Å². The molecule has 0 aliphatic rings. The molecular formula is C19H16ClN3O5S. The van der Waals surface area contributed by atoms with Gasteiger partial charge < -0.3 is 9.30 Å². The third-order valence-electron chi connectivity index (χ3n) is 4.22. The van der Waals surface area contributed by atoms with Gasteiger partial charge in [-0.25, -0.2) is 0 Å². The Balaban J connectivity index is 2.22. The van der Waals surface area contributed by atoms with Gasteiger partial charge in [0.25, 0.3) is 11.6 Å². The zero-order valence-electron chi connectivity index (χ0n) is 15.8.